The number of alkyl carbamates (subject to hydrolysis) is 2. The van der Waals surface area contributed by atoms with E-state index in [4.69, 9.17) is 18.9 Å². The van der Waals surface area contributed by atoms with Gasteiger partial charge in [0.15, 0.2) is 12.2 Å². The van der Waals surface area contributed by atoms with Crippen molar-refractivity contribution in [3.8, 4) is 0 Å². The zero-order valence-corrected chi connectivity index (χ0v) is 10.0. The molecule has 0 fully saturated rings. The molecule has 2 aliphatic rings. The molecule has 0 aromatic rings. The number of carbonyl (C=O) groups excluding carboxylic acids is 2. The zero-order valence-electron chi connectivity index (χ0n) is 10.0. The van der Waals surface area contributed by atoms with Gasteiger partial charge in [-0.2, -0.15) is 0 Å². The maximum Gasteiger partial charge on any atom is 0.409 e. The second kappa shape index (κ2) is 6.53. The van der Waals surface area contributed by atoms with Gasteiger partial charge < -0.3 is 29.6 Å². The quantitative estimate of drug-likeness (QED) is 0.710. The van der Waals surface area contributed by atoms with E-state index in [9.17, 15) is 9.59 Å². The van der Waals surface area contributed by atoms with Crippen LogP contribution in [0.3, 0.4) is 0 Å². The molecule has 0 aliphatic carbocycles. The van der Waals surface area contributed by atoms with Gasteiger partial charge in [-0.15, -0.1) is 0 Å². The minimum absolute atomic E-state index is 0.0910. The number of hydrogen-bond acceptors (Lipinski definition) is 6. The Morgan fingerprint density at radius 1 is 1.00 bits per heavy atom. The van der Waals surface area contributed by atoms with Gasteiger partial charge in [0.05, 0.1) is 19.2 Å². The van der Waals surface area contributed by atoms with E-state index >= 15 is 0 Å². The molecule has 2 amide bonds. The Morgan fingerprint density at radius 3 is 1.84 bits per heavy atom. The van der Waals surface area contributed by atoms with Crippen molar-refractivity contribution < 1.29 is 28.5 Å². The first-order valence-corrected chi connectivity index (χ1v) is 5.69. The largest absolute Gasteiger partial charge is 0.497 e. The van der Waals surface area contributed by atoms with Crippen molar-refractivity contribution in [3.63, 3.8) is 0 Å². The number of carbonyl (C=O) groups is 2. The van der Waals surface area contributed by atoms with Gasteiger partial charge in [0.1, 0.15) is 13.2 Å². The van der Waals surface area contributed by atoms with Gasteiger partial charge in [-0.05, 0) is 12.2 Å². The van der Waals surface area contributed by atoms with Crippen LogP contribution in [0.4, 0.5) is 9.59 Å². The predicted molar refractivity (Wildman–Crippen MR) is 61.9 cm³/mol. The summed E-state index contributed by atoms with van der Waals surface area (Å²) in [6.45, 7) is 0.514. The smallest absolute Gasteiger partial charge is 0.409 e. The summed E-state index contributed by atoms with van der Waals surface area (Å²) in [5.41, 5.74) is 0. The first-order valence-electron chi connectivity index (χ1n) is 5.69. The molecule has 8 heteroatoms. The lowest BCUT2D eigenvalue weighted by Crippen LogP contribution is -2.40. The molecule has 0 aromatic heterocycles. The first-order chi connectivity index (χ1) is 9.24. The van der Waals surface area contributed by atoms with Gasteiger partial charge in [0.25, 0.3) is 0 Å². The van der Waals surface area contributed by atoms with Gasteiger partial charge in [-0.25, -0.2) is 9.59 Å². The van der Waals surface area contributed by atoms with E-state index in [1.165, 1.54) is 12.5 Å². The summed E-state index contributed by atoms with van der Waals surface area (Å²) in [6, 6.07) is 0. The van der Waals surface area contributed by atoms with Crippen LogP contribution in [0.2, 0.25) is 0 Å². The fourth-order valence-electron chi connectivity index (χ4n) is 1.39. The van der Waals surface area contributed by atoms with Crippen LogP contribution in [-0.2, 0) is 18.9 Å². The molecule has 2 unspecified atom stereocenters. The predicted octanol–water partition coefficient (Wildman–Crippen LogP) is 0.221. The van der Waals surface area contributed by atoms with Gasteiger partial charge in [-0.1, -0.05) is 0 Å². The van der Waals surface area contributed by atoms with Crippen LogP contribution >= 0.6 is 0 Å². The molecule has 0 bridgehead atoms. The topological polar surface area (TPSA) is 95.1 Å². The van der Waals surface area contributed by atoms with Gasteiger partial charge in [0, 0.05) is 0 Å². The van der Waals surface area contributed by atoms with E-state index in [-0.39, 0.29) is 6.67 Å². The lowest BCUT2D eigenvalue weighted by molar-refractivity contribution is 0.0876. The van der Waals surface area contributed by atoms with Crippen LogP contribution < -0.4 is 10.6 Å². The monoisotopic (exact) mass is 270 g/mol. The molecule has 104 valence electrons. The van der Waals surface area contributed by atoms with E-state index in [1.807, 2.05) is 0 Å². The normalized spacial score (nSPS) is 23.4. The Kier molecular flexibility index (Phi) is 4.49. The molecule has 8 nitrogen and oxygen atoms in total. The SMILES string of the molecule is O=C(NCNC(=O)OC1C=COC1)OC1C=COC1. The highest BCUT2D eigenvalue weighted by Crippen LogP contribution is 2.04. The summed E-state index contributed by atoms with van der Waals surface area (Å²) < 4.78 is 19.6. The van der Waals surface area contributed by atoms with Crippen molar-refractivity contribution in [2.24, 2.45) is 0 Å². The fourth-order valence-corrected chi connectivity index (χ4v) is 1.39. The molecular formula is C11H14N2O6. The molecule has 0 spiro atoms. The van der Waals surface area contributed by atoms with E-state index in [2.05, 4.69) is 10.6 Å². The zero-order chi connectivity index (χ0) is 13.5. The van der Waals surface area contributed by atoms with Crippen LogP contribution in [-0.4, -0.2) is 44.3 Å². The molecule has 2 aliphatic heterocycles. The van der Waals surface area contributed by atoms with E-state index in [0.717, 1.165) is 0 Å². The third kappa shape index (κ3) is 4.41. The molecule has 2 heterocycles. The Balaban J connectivity index is 1.55. The highest BCUT2D eigenvalue weighted by atomic mass is 16.6. The maximum atomic E-state index is 11.3. The van der Waals surface area contributed by atoms with Crippen molar-refractivity contribution >= 4 is 12.2 Å². The molecule has 0 saturated heterocycles. The molecule has 0 radical (unpaired) electrons. The number of nitrogens with one attached hydrogen (secondary N) is 2. The third-order valence-corrected chi connectivity index (χ3v) is 2.28. The van der Waals surface area contributed by atoms with Crippen LogP contribution in [0.5, 0.6) is 0 Å². The summed E-state index contributed by atoms with van der Waals surface area (Å²) in [4.78, 5) is 22.6. The summed E-state index contributed by atoms with van der Waals surface area (Å²) >= 11 is 0. The molecule has 19 heavy (non-hydrogen) atoms. The average Bonchev–Trinajstić information content (AvgIpc) is 3.02. The molecule has 2 rings (SSSR count). The van der Waals surface area contributed by atoms with Crippen molar-refractivity contribution in [2.75, 3.05) is 19.9 Å². The van der Waals surface area contributed by atoms with Gasteiger partial charge >= 0.3 is 12.2 Å². The Labute approximate surface area is 109 Å². The number of ether oxygens (including phenoxy) is 4. The minimum Gasteiger partial charge on any atom is -0.497 e. The Hall–Kier alpha value is -2.38. The van der Waals surface area contributed by atoms with E-state index in [1.54, 1.807) is 12.2 Å². The highest BCUT2D eigenvalue weighted by molar-refractivity contribution is 5.70. The van der Waals surface area contributed by atoms with E-state index < -0.39 is 24.4 Å². The van der Waals surface area contributed by atoms with Gasteiger partial charge in [0.2, 0.25) is 0 Å². The van der Waals surface area contributed by atoms with Crippen LogP contribution in [0.1, 0.15) is 0 Å². The minimum atomic E-state index is -0.649. The van der Waals surface area contributed by atoms with Crippen molar-refractivity contribution in [3.05, 3.63) is 24.7 Å². The van der Waals surface area contributed by atoms with Crippen molar-refractivity contribution in [1.82, 2.24) is 10.6 Å². The van der Waals surface area contributed by atoms with Crippen molar-refractivity contribution in [1.29, 1.82) is 0 Å². The number of amides is 2. The maximum absolute atomic E-state index is 11.3. The second-order valence-electron chi connectivity index (χ2n) is 3.74. The summed E-state index contributed by atoms with van der Waals surface area (Å²) in [6.07, 6.45) is 4.08. The molecule has 0 saturated carbocycles. The lowest BCUT2D eigenvalue weighted by atomic mass is 10.4. The summed E-state index contributed by atoms with van der Waals surface area (Å²) in [5, 5.41) is 4.71. The third-order valence-electron chi connectivity index (χ3n) is 2.28. The number of rotatable bonds is 4. The molecular weight excluding hydrogens is 256 g/mol. The highest BCUT2D eigenvalue weighted by Gasteiger charge is 2.17. The summed E-state index contributed by atoms with van der Waals surface area (Å²) in [7, 11) is 0. The average molecular weight is 270 g/mol. The van der Waals surface area contributed by atoms with Crippen molar-refractivity contribution in [2.45, 2.75) is 12.2 Å². The first kappa shape index (κ1) is 13.1. The second-order valence-corrected chi connectivity index (χ2v) is 3.74. The molecule has 0 aromatic carbocycles. The standard InChI is InChI=1S/C11H14N2O6/c14-10(18-8-1-3-16-5-8)12-7-13-11(15)19-9-2-4-17-6-9/h1-4,8-9H,5-7H2,(H,12,14)(H,13,15). The molecule has 2 atom stereocenters. The Morgan fingerprint density at radius 2 is 1.47 bits per heavy atom. The fraction of sp³-hybridized carbons (Fsp3) is 0.455. The lowest BCUT2D eigenvalue weighted by Gasteiger charge is -2.12. The summed E-state index contributed by atoms with van der Waals surface area (Å²) in [5.74, 6) is 0. The van der Waals surface area contributed by atoms with E-state index in [0.29, 0.717) is 13.2 Å². The van der Waals surface area contributed by atoms with Gasteiger partial charge in [-0.3, -0.25) is 0 Å². The number of hydrogen-bond donors (Lipinski definition) is 2. The molecule has 2 N–H and O–H groups in total. The van der Waals surface area contributed by atoms with Crippen LogP contribution in [0, 0.1) is 0 Å². The Bertz CT molecular complexity index is 359. The van der Waals surface area contributed by atoms with Crippen LogP contribution in [0.25, 0.3) is 0 Å². The van der Waals surface area contributed by atoms with Crippen LogP contribution in [0.15, 0.2) is 24.7 Å².